The summed E-state index contributed by atoms with van der Waals surface area (Å²) >= 11 is 1.89. The second-order valence-electron chi connectivity index (χ2n) is 14.7. The van der Waals surface area contributed by atoms with E-state index in [2.05, 4.69) is 15.0 Å². The van der Waals surface area contributed by atoms with Crippen molar-refractivity contribution in [3.63, 3.8) is 0 Å². The number of aromatic nitrogens is 4. The van der Waals surface area contributed by atoms with Gasteiger partial charge in [0.2, 0.25) is 17.7 Å². The molecule has 0 fully saturated rings. The van der Waals surface area contributed by atoms with Gasteiger partial charge < -0.3 is 35.7 Å². The van der Waals surface area contributed by atoms with Crippen molar-refractivity contribution < 1.29 is 60.4 Å². The van der Waals surface area contributed by atoms with E-state index < -0.39 is 70.7 Å². The minimum absolute atomic E-state index is 0.0247. The number of aryl methyl sites for hydroxylation is 2. The molecule has 0 aliphatic rings. The molecule has 0 bridgehead atoms. The van der Waals surface area contributed by atoms with Gasteiger partial charge in [-0.3, -0.25) is 19.2 Å². The fraction of sp³-hybridized carbons (Fsp3) is 0.170. The van der Waals surface area contributed by atoms with Gasteiger partial charge in [-0.15, -0.1) is 0 Å². The Morgan fingerprint density at radius 2 is 1.18 bits per heavy atom. The number of primary amides is 1. The number of aliphatic carboxylic acids is 2. The molecule has 7 rings (SSSR count). The number of ether oxygens (including phenoxy) is 2. The van der Waals surface area contributed by atoms with Crippen molar-refractivity contribution >= 4 is 51.3 Å². The molecule has 6 N–H and O–H groups in total. The van der Waals surface area contributed by atoms with Gasteiger partial charge in [-0.2, -0.15) is 31.3 Å². The Kier molecular flexibility index (Phi) is 17.0. The van der Waals surface area contributed by atoms with Crippen LogP contribution in [0.15, 0.2) is 133 Å². The minimum Gasteiger partial charge on any atom is -0.481 e. The SMILES string of the molecule is Cc1ccc(C(CC(=O)O)n2cnc(=O)c3cc(Oc4ncccc4C(F)(F)F)ccc32)cc1.Cc1ccc(C(N)CC(=O)O)cc1.NC(=O)c1cc(Oc2ncccc2C(F)(F)F)ccc1I. The predicted octanol–water partition coefficient (Wildman–Crippen LogP) is 10.0. The third-order valence-electron chi connectivity index (χ3n) is 9.63. The first-order chi connectivity index (χ1) is 32.0. The topological polar surface area (TPSA) is 223 Å². The number of carboxylic acids is 2. The van der Waals surface area contributed by atoms with Crippen LogP contribution in [0.25, 0.3) is 10.9 Å². The number of rotatable bonds is 12. The van der Waals surface area contributed by atoms with Crippen molar-refractivity contribution in [2.24, 2.45) is 11.5 Å². The second kappa shape index (κ2) is 22.4. The molecule has 4 aromatic carbocycles. The molecule has 68 heavy (non-hydrogen) atoms. The molecule has 21 heteroatoms. The van der Waals surface area contributed by atoms with Crippen LogP contribution in [0.5, 0.6) is 23.3 Å². The van der Waals surface area contributed by atoms with Crippen LogP contribution in [0.1, 0.15) is 68.7 Å². The number of pyridine rings is 2. The van der Waals surface area contributed by atoms with Gasteiger partial charge >= 0.3 is 24.3 Å². The average Bonchev–Trinajstić information content (AvgIpc) is 3.27. The molecule has 1 amide bonds. The van der Waals surface area contributed by atoms with E-state index >= 15 is 0 Å². The van der Waals surface area contributed by atoms with Gasteiger partial charge in [-0.1, -0.05) is 59.7 Å². The van der Waals surface area contributed by atoms with Gasteiger partial charge in [-0.05, 0) is 108 Å². The number of carbonyl (C=O) groups excluding carboxylic acids is 1. The van der Waals surface area contributed by atoms with E-state index in [9.17, 15) is 50.6 Å². The minimum atomic E-state index is -4.67. The van der Waals surface area contributed by atoms with Crippen molar-refractivity contribution in [2.75, 3.05) is 0 Å². The van der Waals surface area contributed by atoms with Crippen LogP contribution < -0.4 is 26.5 Å². The lowest BCUT2D eigenvalue weighted by Gasteiger charge is -2.21. The number of halogens is 7. The van der Waals surface area contributed by atoms with Gasteiger partial charge in [-0.25, -0.2) is 9.97 Å². The molecule has 14 nitrogen and oxygen atoms in total. The molecule has 0 spiro atoms. The number of hydrogen-bond donors (Lipinski definition) is 4. The first kappa shape index (κ1) is 51.6. The molecule has 0 aliphatic carbocycles. The Morgan fingerprint density at radius 3 is 1.66 bits per heavy atom. The number of hydrogen-bond acceptors (Lipinski definition) is 10. The fourth-order valence-electron chi connectivity index (χ4n) is 6.28. The van der Waals surface area contributed by atoms with Gasteiger partial charge in [0.05, 0.1) is 41.7 Å². The Morgan fingerprint density at radius 1 is 0.691 bits per heavy atom. The third-order valence-corrected chi connectivity index (χ3v) is 10.6. The largest absolute Gasteiger partial charge is 0.481 e. The van der Waals surface area contributed by atoms with Crippen LogP contribution in [0, 0.1) is 17.4 Å². The van der Waals surface area contributed by atoms with Crippen LogP contribution in [-0.4, -0.2) is 47.6 Å². The van der Waals surface area contributed by atoms with Crippen molar-refractivity contribution in [2.45, 2.75) is 51.1 Å². The Hall–Kier alpha value is -7.40. The highest BCUT2D eigenvalue weighted by Crippen LogP contribution is 2.38. The number of alkyl halides is 6. The maximum absolute atomic E-state index is 13.3. The Bertz CT molecular complexity index is 2970. The van der Waals surface area contributed by atoms with Gasteiger partial charge in [0.15, 0.2) is 0 Å². The van der Waals surface area contributed by atoms with Crippen molar-refractivity contribution in [3.8, 4) is 23.3 Å². The van der Waals surface area contributed by atoms with Crippen molar-refractivity contribution in [1.29, 1.82) is 0 Å². The molecule has 0 saturated heterocycles. The van der Waals surface area contributed by atoms with E-state index in [1.165, 1.54) is 55.0 Å². The number of carboxylic acid groups (broad SMARTS) is 2. The molecular weight excluding hydrogens is 1020 g/mol. The van der Waals surface area contributed by atoms with Crippen LogP contribution in [0.2, 0.25) is 0 Å². The molecule has 354 valence electrons. The van der Waals surface area contributed by atoms with Crippen molar-refractivity contribution in [1.82, 2.24) is 19.5 Å². The lowest BCUT2D eigenvalue weighted by atomic mass is 10.0. The molecule has 0 radical (unpaired) electrons. The summed E-state index contributed by atoms with van der Waals surface area (Å²) in [5, 5.41) is 18.1. The summed E-state index contributed by atoms with van der Waals surface area (Å²) in [5.41, 5.74) is 12.4. The average molecular weight is 1060 g/mol. The molecule has 7 aromatic rings. The number of carbonyl (C=O) groups is 3. The molecule has 3 aromatic heterocycles. The van der Waals surface area contributed by atoms with Gasteiger partial charge in [0.25, 0.3) is 5.56 Å². The highest BCUT2D eigenvalue weighted by molar-refractivity contribution is 14.1. The smallest absolute Gasteiger partial charge is 0.421 e. The van der Waals surface area contributed by atoms with Crippen LogP contribution >= 0.6 is 22.6 Å². The van der Waals surface area contributed by atoms with E-state index in [1.54, 1.807) is 16.7 Å². The van der Waals surface area contributed by atoms with Crippen LogP contribution in [0.4, 0.5) is 26.3 Å². The first-order valence-corrected chi connectivity index (χ1v) is 20.9. The summed E-state index contributed by atoms with van der Waals surface area (Å²) in [6.45, 7) is 3.88. The summed E-state index contributed by atoms with van der Waals surface area (Å²) in [4.78, 5) is 56.8. The summed E-state index contributed by atoms with van der Waals surface area (Å²) in [6, 6.07) is 26.2. The van der Waals surface area contributed by atoms with Gasteiger partial charge in [0.1, 0.15) is 22.6 Å². The molecule has 0 aliphatic heterocycles. The summed E-state index contributed by atoms with van der Waals surface area (Å²) in [7, 11) is 0. The van der Waals surface area contributed by atoms with Gasteiger partial charge in [0, 0.05) is 22.0 Å². The summed E-state index contributed by atoms with van der Waals surface area (Å²) in [5.74, 6) is -3.84. The lowest BCUT2D eigenvalue weighted by molar-refractivity contribution is -0.139. The summed E-state index contributed by atoms with van der Waals surface area (Å²) in [6.07, 6.45) is -5.94. The zero-order valence-corrected chi connectivity index (χ0v) is 37.8. The predicted molar refractivity (Wildman–Crippen MR) is 244 cm³/mol. The maximum Gasteiger partial charge on any atom is 0.421 e. The molecule has 0 saturated carbocycles. The number of benzene rings is 4. The van der Waals surface area contributed by atoms with Crippen molar-refractivity contribution in [3.05, 3.63) is 181 Å². The molecule has 2 unspecified atom stereocenters. The highest BCUT2D eigenvalue weighted by Gasteiger charge is 2.36. The third kappa shape index (κ3) is 14.1. The Balaban J connectivity index is 0.000000215. The lowest BCUT2D eigenvalue weighted by Crippen LogP contribution is -2.20. The normalized spacial score (nSPS) is 12.1. The first-order valence-electron chi connectivity index (χ1n) is 19.8. The standard InChI is InChI=1S/C24H18F3N3O4.C13H8F3IN2O2.C10H13NO2/c1-14-4-6-15(7-5-14)20(12-21(31)32)30-13-29-22(33)17-11-16(8-9-19(17)30)34-23-18(24(25,26)27)3-2-10-28-23;14-13(15,16)9-2-1-5-19-12(9)21-7-3-4-10(17)8(6-7)11(18)20;1-7-2-4-8(5-3-7)9(11)6-10(12)13/h2-11,13,20H,12H2,1H3,(H,31,32);1-6H,(H2,18,20);2-5,9H,6,11H2,1H3,(H,12,13). The summed E-state index contributed by atoms with van der Waals surface area (Å²) < 4.78 is 90.9. The number of nitrogens with two attached hydrogens (primary N) is 2. The maximum atomic E-state index is 13.3. The molecule has 2 atom stereocenters. The number of amides is 1. The second-order valence-corrected chi connectivity index (χ2v) is 15.9. The zero-order chi connectivity index (χ0) is 49.9. The van der Waals surface area contributed by atoms with E-state index in [0.29, 0.717) is 14.7 Å². The van der Waals surface area contributed by atoms with Crippen LogP contribution in [-0.2, 0) is 21.9 Å². The molecule has 3 heterocycles. The quantitative estimate of drug-likeness (QED) is 0.0663. The number of fused-ring (bicyclic) bond motifs is 1. The van der Waals surface area contributed by atoms with E-state index in [4.69, 9.17) is 26.0 Å². The Labute approximate surface area is 396 Å². The van der Waals surface area contributed by atoms with Crippen LogP contribution in [0.3, 0.4) is 0 Å². The number of nitrogens with zero attached hydrogens (tertiary/aromatic N) is 4. The monoisotopic (exact) mass is 1060 g/mol. The van der Waals surface area contributed by atoms with E-state index in [-0.39, 0.29) is 35.3 Å². The zero-order valence-electron chi connectivity index (χ0n) is 35.6. The molecular formula is C47H39F6IN6O8. The van der Waals surface area contributed by atoms with E-state index in [0.717, 1.165) is 41.1 Å². The van der Waals surface area contributed by atoms with E-state index in [1.807, 2.05) is 72.8 Å². The fourth-order valence-corrected chi connectivity index (χ4v) is 6.88. The highest BCUT2D eigenvalue weighted by atomic mass is 127.